The lowest BCUT2D eigenvalue weighted by Crippen LogP contribution is -2.63. The van der Waals surface area contributed by atoms with Gasteiger partial charge in [0.25, 0.3) is 0 Å². The normalized spacial score (nSPS) is 23.0. The lowest BCUT2D eigenvalue weighted by Gasteiger charge is -2.36. The monoisotopic (exact) mass is 820 g/mol. The van der Waals surface area contributed by atoms with E-state index in [2.05, 4.69) is 4.18 Å². The largest absolute Gasteiger partial charge is 0.489 e. The summed E-state index contributed by atoms with van der Waals surface area (Å²) < 4.78 is 181. The summed E-state index contributed by atoms with van der Waals surface area (Å²) in [5.74, 6) is -16.0. The summed E-state index contributed by atoms with van der Waals surface area (Å²) >= 11 is 0. The molecule has 0 radical (unpaired) electrons. The molecule has 2 heterocycles. The van der Waals surface area contributed by atoms with Gasteiger partial charge in [-0.1, -0.05) is 62.4 Å². The van der Waals surface area contributed by atoms with Crippen molar-refractivity contribution in [1.29, 1.82) is 0 Å². The Morgan fingerprint density at radius 3 is 1.75 bits per heavy atom. The SMILES string of the molecule is CC1(C)c2ccccc2-c2cc(-c3cccc(CC4(C)OB(B5OC(C)(C)C(C)(C)O5)OC4(C)C)c3)c(OS(=O)(=O)C(F)(F)C(F)(F)C(F)(F)C(F)(F)F)cc21. The van der Waals surface area contributed by atoms with E-state index in [0.29, 0.717) is 22.3 Å². The van der Waals surface area contributed by atoms with Gasteiger partial charge in [-0.3, -0.25) is 0 Å². The van der Waals surface area contributed by atoms with E-state index in [4.69, 9.17) is 18.6 Å². The molecule has 0 aromatic heterocycles. The first-order valence-corrected chi connectivity index (χ1v) is 18.9. The lowest BCUT2D eigenvalue weighted by atomic mass is 9.49. The first-order valence-electron chi connectivity index (χ1n) is 17.5. The van der Waals surface area contributed by atoms with Crippen LogP contribution in [0.4, 0.5) is 39.5 Å². The fourth-order valence-electron chi connectivity index (χ4n) is 7.15. The maximum atomic E-state index is 15.0. The first-order chi connectivity index (χ1) is 25.2. The molecule has 3 aliphatic rings. The van der Waals surface area contributed by atoms with Crippen LogP contribution >= 0.6 is 0 Å². The van der Waals surface area contributed by atoms with Crippen molar-refractivity contribution in [3.63, 3.8) is 0 Å². The Balaban J connectivity index is 1.42. The van der Waals surface area contributed by atoms with Gasteiger partial charge < -0.3 is 22.8 Å². The average molecular weight is 820 g/mol. The van der Waals surface area contributed by atoms with Crippen LogP contribution in [0.25, 0.3) is 22.3 Å². The fraction of sp³-hybridized carbons (Fsp3) is 0.514. The van der Waals surface area contributed by atoms with Crippen molar-refractivity contribution in [3.8, 4) is 28.0 Å². The standard InChI is InChI=1S/C37H39B2F9O7S/c1-29(2)26-16-11-10-15-23(26)25-18-24(28(19-27(25)29)51-56(49,50)37(47,48)35(42,43)34(40,41)36(44,45)46)22-14-12-13-21(17-22)20-33(9)32(7,8)54-39(55-33)38-52-30(3,4)31(5,6)53-38/h10-19H,20H2,1-9H3. The molecule has 0 N–H and O–H groups in total. The summed E-state index contributed by atoms with van der Waals surface area (Å²) in [6.07, 6.45) is -7.12. The molecule has 0 spiro atoms. The second-order valence-corrected chi connectivity index (χ2v) is 18.2. The van der Waals surface area contributed by atoms with Gasteiger partial charge in [-0.15, -0.1) is 0 Å². The van der Waals surface area contributed by atoms with Gasteiger partial charge in [-0.05, 0) is 94.0 Å². The molecule has 3 aromatic carbocycles. The highest BCUT2D eigenvalue weighted by atomic mass is 32.2. The second kappa shape index (κ2) is 12.6. The van der Waals surface area contributed by atoms with E-state index >= 15 is 8.78 Å². The van der Waals surface area contributed by atoms with E-state index in [1.54, 1.807) is 65.0 Å². The third-order valence-electron chi connectivity index (χ3n) is 11.6. The number of halogens is 9. The predicted molar refractivity (Wildman–Crippen MR) is 190 cm³/mol. The maximum absolute atomic E-state index is 15.0. The van der Waals surface area contributed by atoms with Crippen LogP contribution in [0.2, 0.25) is 0 Å². The Morgan fingerprint density at radius 1 is 0.607 bits per heavy atom. The fourth-order valence-corrected chi connectivity index (χ4v) is 8.07. The number of rotatable bonds is 9. The van der Waals surface area contributed by atoms with Gasteiger partial charge in [0, 0.05) is 17.4 Å². The van der Waals surface area contributed by atoms with Gasteiger partial charge in [0.2, 0.25) is 0 Å². The van der Waals surface area contributed by atoms with Crippen molar-refractivity contribution < 1.29 is 70.7 Å². The van der Waals surface area contributed by atoms with Crippen LogP contribution in [0.1, 0.15) is 79.0 Å². The van der Waals surface area contributed by atoms with Gasteiger partial charge in [-0.25, -0.2) is 0 Å². The molecular formula is C37H39B2F9O7S. The summed E-state index contributed by atoms with van der Waals surface area (Å²) in [5.41, 5.74) is -1.95. The summed E-state index contributed by atoms with van der Waals surface area (Å²) in [6, 6.07) is 15.4. The quantitative estimate of drug-likeness (QED) is 0.121. The van der Waals surface area contributed by atoms with Crippen molar-refractivity contribution >= 4 is 24.1 Å². The number of alkyl halides is 9. The Hall–Kier alpha value is -3.25. The molecule has 2 saturated heterocycles. The van der Waals surface area contributed by atoms with Crippen molar-refractivity contribution in [2.24, 2.45) is 0 Å². The van der Waals surface area contributed by atoms with Crippen LogP contribution in [-0.2, 0) is 40.6 Å². The molecule has 1 unspecified atom stereocenters. The topological polar surface area (TPSA) is 80.3 Å². The summed E-state index contributed by atoms with van der Waals surface area (Å²) in [4.78, 5) is 0. The van der Waals surface area contributed by atoms with Gasteiger partial charge in [-0.2, -0.15) is 47.9 Å². The molecule has 304 valence electrons. The summed E-state index contributed by atoms with van der Waals surface area (Å²) in [5, 5.41) is -7.07. The van der Waals surface area contributed by atoms with Gasteiger partial charge in [0.1, 0.15) is 0 Å². The molecule has 2 fully saturated rings. The van der Waals surface area contributed by atoms with Gasteiger partial charge in [0.15, 0.2) is 5.75 Å². The van der Waals surface area contributed by atoms with E-state index in [1.807, 2.05) is 27.7 Å². The highest BCUT2D eigenvalue weighted by molar-refractivity contribution is 7.88. The minimum atomic E-state index is -7.48. The van der Waals surface area contributed by atoms with Crippen LogP contribution < -0.4 is 4.18 Å². The van der Waals surface area contributed by atoms with Crippen LogP contribution in [0.15, 0.2) is 60.7 Å². The highest BCUT2D eigenvalue weighted by Crippen LogP contribution is 2.57. The predicted octanol–water partition coefficient (Wildman–Crippen LogP) is 9.58. The molecule has 0 saturated carbocycles. The number of fused-ring (bicyclic) bond motifs is 3. The van der Waals surface area contributed by atoms with E-state index in [1.165, 1.54) is 24.3 Å². The molecule has 0 amide bonds. The van der Waals surface area contributed by atoms with Crippen LogP contribution in [0.5, 0.6) is 5.75 Å². The van der Waals surface area contributed by atoms with E-state index in [-0.39, 0.29) is 23.1 Å². The number of hydrogen-bond donors (Lipinski definition) is 0. The van der Waals surface area contributed by atoms with Crippen molar-refractivity contribution in [3.05, 3.63) is 77.4 Å². The number of benzene rings is 3. The average Bonchev–Trinajstić information content (AvgIpc) is 3.53. The smallest absolute Gasteiger partial charge is 0.405 e. The Labute approximate surface area is 319 Å². The number of hydrogen-bond acceptors (Lipinski definition) is 7. The molecule has 56 heavy (non-hydrogen) atoms. The molecule has 6 rings (SSSR count). The summed E-state index contributed by atoms with van der Waals surface area (Å²) in [6.45, 7) is 16.2. The van der Waals surface area contributed by atoms with Crippen molar-refractivity contribution in [2.45, 2.75) is 120 Å². The van der Waals surface area contributed by atoms with Gasteiger partial charge >= 0.3 is 47.4 Å². The molecule has 3 aromatic rings. The highest BCUT2D eigenvalue weighted by Gasteiger charge is 2.86. The zero-order chi connectivity index (χ0) is 42.1. The molecule has 2 aliphatic heterocycles. The molecule has 1 aliphatic carbocycles. The Kier molecular flexibility index (Phi) is 9.55. The molecule has 7 nitrogen and oxygen atoms in total. The van der Waals surface area contributed by atoms with Crippen LogP contribution in [0.3, 0.4) is 0 Å². The Bertz CT molecular complexity index is 2160. The lowest BCUT2D eigenvalue weighted by molar-refractivity contribution is -0.382. The minimum Gasteiger partial charge on any atom is -0.405 e. The Morgan fingerprint density at radius 2 is 1.16 bits per heavy atom. The van der Waals surface area contributed by atoms with E-state index in [9.17, 15) is 39.2 Å². The van der Waals surface area contributed by atoms with Gasteiger partial charge in [0.05, 0.1) is 22.4 Å². The molecule has 0 bridgehead atoms. The second-order valence-electron chi connectivity index (χ2n) is 16.6. The van der Waals surface area contributed by atoms with Crippen LogP contribution in [-0.4, -0.2) is 68.1 Å². The third-order valence-corrected chi connectivity index (χ3v) is 12.9. The molecule has 1 atom stereocenters. The van der Waals surface area contributed by atoms with Crippen LogP contribution in [0, 0.1) is 0 Å². The zero-order valence-electron chi connectivity index (χ0n) is 31.8. The zero-order valence-corrected chi connectivity index (χ0v) is 32.6. The maximum Gasteiger partial charge on any atom is 0.489 e. The van der Waals surface area contributed by atoms with E-state index < -0.39 is 81.0 Å². The summed E-state index contributed by atoms with van der Waals surface area (Å²) in [7, 11) is -9.13. The molecular weight excluding hydrogens is 781 g/mol. The van der Waals surface area contributed by atoms with E-state index in [0.717, 1.165) is 6.07 Å². The minimum absolute atomic E-state index is 0.0937. The van der Waals surface area contributed by atoms with Crippen molar-refractivity contribution in [2.75, 3.05) is 0 Å². The van der Waals surface area contributed by atoms with Crippen molar-refractivity contribution in [1.82, 2.24) is 0 Å². The third kappa shape index (κ3) is 6.25. The first kappa shape index (κ1) is 42.4. The molecule has 19 heteroatoms.